The van der Waals surface area contributed by atoms with Gasteiger partial charge in [-0.25, -0.2) is 0 Å². The first-order valence-corrected chi connectivity index (χ1v) is 9.20. The average Bonchev–Trinajstić information content (AvgIpc) is 2.79. The van der Waals surface area contributed by atoms with Crippen LogP contribution in [-0.4, -0.2) is 38.5 Å². The Labute approximate surface area is 130 Å². The van der Waals surface area contributed by atoms with Crippen LogP contribution in [0.5, 0.6) is 0 Å². The Morgan fingerprint density at radius 3 is 2.57 bits per heavy atom. The summed E-state index contributed by atoms with van der Waals surface area (Å²) in [6, 6.07) is 0.675. The van der Waals surface area contributed by atoms with Crippen molar-refractivity contribution in [3.05, 3.63) is 0 Å². The minimum Gasteiger partial charge on any atom is -0.378 e. The predicted molar refractivity (Wildman–Crippen MR) is 85.5 cm³/mol. The SMILES string of the molecule is CNC(CC1CCCCCC1)C1CCOC2(CCOC2)C1. The van der Waals surface area contributed by atoms with Crippen molar-refractivity contribution >= 4 is 0 Å². The van der Waals surface area contributed by atoms with Gasteiger partial charge in [0.15, 0.2) is 0 Å². The number of hydrogen-bond acceptors (Lipinski definition) is 3. The van der Waals surface area contributed by atoms with E-state index in [2.05, 4.69) is 12.4 Å². The van der Waals surface area contributed by atoms with Crippen LogP contribution in [0.1, 0.15) is 64.2 Å². The summed E-state index contributed by atoms with van der Waals surface area (Å²) in [5.41, 5.74) is 0.0570. The van der Waals surface area contributed by atoms with E-state index in [1.54, 1.807) is 0 Å². The molecule has 0 bridgehead atoms. The molecule has 1 spiro atoms. The highest BCUT2D eigenvalue weighted by Gasteiger charge is 2.42. The van der Waals surface area contributed by atoms with E-state index in [9.17, 15) is 0 Å². The van der Waals surface area contributed by atoms with Gasteiger partial charge in [-0.2, -0.15) is 0 Å². The minimum absolute atomic E-state index is 0.0570. The fraction of sp³-hybridized carbons (Fsp3) is 1.00. The van der Waals surface area contributed by atoms with Crippen LogP contribution in [0.2, 0.25) is 0 Å². The molecule has 0 aromatic carbocycles. The fourth-order valence-corrected chi connectivity index (χ4v) is 4.78. The molecule has 0 aromatic rings. The summed E-state index contributed by atoms with van der Waals surface area (Å²) in [4.78, 5) is 0. The molecule has 0 aromatic heterocycles. The highest BCUT2D eigenvalue weighted by atomic mass is 16.6. The zero-order valence-corrected chi connectivity index (χ0v) is 13.7. The average molecular weight is 295 g/mol. The Bertz CT molecular complexity index is 306. The second-order valence-corrected chi connectivity index (χ2v) is 7.58. The van der Waals surface area contributed by atoms with E-state index in [0.717, 1.165) is 38.1 Å². The van der Waals surface area contributed by atoms with Gasteiger partial charge in [0.25, 0.3) is 0 Å². The van der Waals surface area contributed by atoms with Gasteiger partial charge >= 0.3 is 0 Å². The molecule has 1 N–H and O–H groups in total. The van der Waals surface area contributed by atoms with Crippen LogP contribution in [0.25, 0.3) is 0 Å². The molecule has 21 heavy (non-hydrogen) atoms. The highest BCUT2D eigenvalue weighted by molar-refractivity contribution is 4.94. The number of ether oxygens (including phenoxy) is 2. The summed E-state index contributed by atoms with van der Waals surface area (Å²) in [6.07, 6.45) is 13.6. The van der Waals surface area contributed by atoms with Crippen molar-refractivity contribution in [3.63, 3.8) is 0 Å². The quantitative estimate of drug-likeness (QED) is 0.805. The molecule has 3 atom stereocenters. The smallest absolute Gasteiger partial charge is 0.0939 e. The van der Waals surface area contributed by atoms with E-state index in [0.29, 0.717) is 6.04 Å². The van der Waals surface area contributed by atoms with E-state index in [1.807, 2.05) is 0 Å². The number of rotatable bonds is 4. The molecule has 3 heteroatoms. The summed E-state index contributed by atoms with van der Waals surface area (Å²) < 4.78 is 11.7. The maximum atomic E-state index is 6.11. The van der Waals surface area contributed by atoms with Gasteiger partial charge in [-0.1, -0.05) is 38.5 Å². The van der Waals surface area contributed by atoms with Gasteiger partial charge in [-0.05, 0) is 38.1 Å². The summed E-state index contributed by atoms with van der Waals surface area (Å²) in [5, 5.41) is 3.65. The van der Waals surface area contributed by atoms with Crippen LogP contribution in [0.3, 0.4) is 0 Å². The molecule has 3 unspecified atom stereocenters. The predicted octanol–water partition coefficient (Wildman–Crippen LogP) is 3.52. The first-order chi connectivity index (χ1) is 10.3. The maximum Gasteiger partial charge on any atom is 0.0939 e. The largest absolute Gasteiger partial charge is 0.378 e. The molecule has 2 saturated heterocycles. The van der Waals surface area contributed by atoms with Gasteiger partial charge in [-0.15, -0.1) is 0 Å². The monoisotopic (exact) mass is 295 g/mol. The van der Waals surface area contributed by atoms with Crippen molar-refractivity contribution in [2.75, 3.05) is 26.9 Å². The van der Waals surface area contributed by atoms with Crippen LogP contribution < -0.4 is 5.32 Å². The summed E-state index contributed by atoms with van der Waals surface area (Å²) in [7, 11) is 2.16. The first-order valence-electron chi connectivity index (χ1n) is 9.20. The second kappa shape index (κ2) is 7.43. The van der Waals surface area contributed by atoms with E-state index >= 15 is 0 Å². The van der Waals surface area contributed by atoms with E-state index in [-0.39, 0.29) is 5.60 Å². The van der Waals surface area contributed by atoms with Gasteiger partial charge in [0, 0.05) is 25.7 Å². The third-order valence-electron chi connectivity index (χ3n) is 6.10. The molecule has 3 nitrogen and oxygen atoms in total. The van der Waals surface area contributed by atoms with Crippen LogP contribution in [-0.2, 0) is 9.47 Å². The van der Waals surface area contributed by atoms with Crippen LogP contribution in [0.15, 0.2) is 0 Å². The molecular formula is C18H33NO2. The van der Waals surface area contributed by atoms with Crippen molar-refractivity contribution in [2.24, 2.45) is 11.8 Å². The lowest BCUT2D eigenvalue weighted by molar-refractivity contribution is -0.103. The third kappa shape index (κ3) is 4.00. The van der Waals surface area contributed by atoms with Crippen molar-refractivity contribution in [1.29, 1.82) is 0 Å². The molecule has 3 aliphatic rings. The molecule has 2 heterocycles. The Hall–Kier alpha value is -0.120. The normalized spacial score (nSPS) is 36.7. The van der Waals surface area contributed by atoms with Crippen LogP contribution >= 0.6 is 0 Å². The Kier molecular flexibility index (Phi) is 5.58. The molecule has 3 rings (SSSR count). The Morgan fingerprint density at radius 1 is 1.10 bits per heavy atom. The van der Waals surface area contributed by atoms with Crippen molar-refractivity contribution in [2.45, 2.75) is 75.9 Å². The zero-order valence-electron chi connectivity index (χ0n) is 13.7. The zero-order chi connectivity index (χ0) is 14.5. The van der Waals surface area contributed by atoms with Gasteiger partial charge in [0.1, 0.15) is 0 Å². The summed E-state index contributed by atoms with van der Waals surface area (Å²) in [5.74, 6) is 1.72. The summed E-state index contributed by atoms with van der Waals surface area (Å²) >= 11 is 0. The van der Waals surface area contributed by atoms with E-state index in [4.69, 9.17) is 9.47 Å². The Morgan fingerprint density at radius 2 is 1.90 bits per heavy atom. The molecule has 122 valence electrons. The summed E-state index contributed by atoms with van der Waals surface area (Å²) in [6.45, 7) is 2.64. The van der Waals surface area contributed by atoms with Gasteiger partial charge in [-0.3, -0.25) is 0 Å². The maximum absolute atomic E-state index is 6.11. The fourth-order valence-electron chi connectivity index (χ4n) is 4.78. The topological polar surface area (TPSA) is 30.5 Å². The first kappa shape index (κ1) is 15.8. The van der Waals surface area contributed by atoms with E-state index in [1.165, 1.54) is 57.8 Å². The van der Waals surface area contributed by atoms with Crippen molar-refractivity contribution in [3.8, 4) is 0 Å². The lowest BCUT2D eigenvalue weighted by Crippen LogP contribution is -2.47. The van der Waals surface area contributed by atoms with Crippen molar-refractivity contribution in [1.82, 2.24) is 5.32 Å². The lowest BCUT2D eigenvalue weighted by Gasteiger charge is -2.41. The lowest BCUT2D eigenvalue weighted by atomic mass is 9.77. The molecule has 2 aliphatic heterocycles. The molecule has 3 fully saturated rings. The van der Waals surface area contributed by atoms with Crippen LogP contribution in [0.4, 0.5) is 0 Å². The van der Waals surface area contributed by atoms with E-state index < -0.39 is 0 Å². The minimum atomic E-state index is 0.0570. The third-order valence-corrected chi connectivity index (χ3v) is 6.10. The van der Waals surface area contributed by atoms with Crippen LogP contribution in [0, 0.1) is 11.8 Å². The Balaban J connectivity index is 1.56. The molecule has 1 aliphatic carbocycles. The molecule has 0 amide bonds. The van der Waals surface area contributed by atoms with Gasteiger partial charge in [0.2, 0.25) is 0 Å². The van der Waals surface area contributed by atoms with Gasteiger partial charge < -0.3 is 14.8 Å². The molecule has 1 saturated carbocycles. The number of nitrogens with one attached hydrogen (secondary N) is 1. The number of hydrogen-bond donors (Lipinski definition) is 1. The molecular weight excluding hydrogens is 262 g/mol. The molecule has 0 radical (unpaired) electrons. The van der Waals surface area contributed by atoms with Crippen molar-refractivity contribution < 1.29 is 9.47 Å². The van der Waals surface area contributed by atoms with Gasteiger partial charge in [0.05, 0.1) is 12.2 Å². The standard InChI is InChI=1S/C18H33NO2/c1-19-17(12-15-6-4-2-3-5-7-15)16-8-10-21-18(13-16)9-11-20-14-18/h15-17,19H,2-14H2,1H3. The second-order valence-electron chi connectivity index (χ2n) is 7.58. The highest BCUT2D eigenvalue weighted by Crippen LogP contribution is 2.39.